The van der Waals surface area contributed by atoms with Crippen molar-refractivity contribution in [3.8, 4) is 0 Å². The highest BCUT2D eigenvalue weighted by molar-refractivity contribution is 5.00. The maximum atomic E-state index is 9.15. The number of hydrazine groups is 1. The Morgan fingerprint density at radius 1 is 1.06 bits per heavy atom. The van der Waals surface area contributed by atoms with Crippen molar-refractivity contribution in [2.45, 2.75) is 57.7 Å². The van der Waals surface area contributed by atoms with Gasteiger partial charge in [-0.1, -0.05) is 0 Å². The van der Waals surface area contributed by atoms with Gasteiger partial charge >= 0.3 is 0 Å². The SMILES string of the molecule is CC1(C)CC(N(CCO)CCO)CC(C)(C)N1N. The second kappa shape index (κ2) is 5.84. The minimum atomic E-state index is -0.0738. The van der Waals surface area contributed by atoms with E-state index >= 15 is 0 Å². The summed E-state index contributed by atoms with van der Waals surface area (Å²) in [4.78, 5) is 2.18. The molecule has 0 aliphatic carbocycles. The Morgan fingerprint density at radius 3 is 1.78 bits per heavy atom. The topological polar surface area (TPSA) is 73.0 Å². The predicted molar refractivity (Wildman–Crippen MR) is 73.0 cm³/mol. The molecule has 108 valence electrons. The van der Waals surface area contributed by atoms with E-state index in [1.54, 1.807) is 0 Å². The van der Waals surface area contributed by atoms with E-state index < -0.39 is 0 Å². The van der Waals surface area contributed by atoms with Crippen molar-refractivity contribution in [3.63, 3.8) is 0 Å². The summed E-state index contributed by atoms with van der Waals surface area (Å²) in [6.07, 6.45) is 1.90. The molecule has 0 radical (unpaired) electrons. The molecule has 0 spiro atoms. The molecule has 0 aromatic heterocycles. The van der Waals surface area contributed by atoms with Crippen LogP contribution in [0.2, 0.25) is 0 Å². The van der Waals surface area contributed by atoms with Gasteiger partial charge in [0, 0.05) is 30.2 Å². The molecule has 0 saturated carbocycles. The van der Waals surface area contributed by atoms with Gasteiger partial charge in [-0.05, 0) is 40.5 Å². The molecule has 1 aliphatic rings. The highest BCUT2D eigenvalue weighted by Gasteiger charge is 2.45. The Kier molecular flexibility index (Phi) is 5.14. The Morgan fingerprint density at radius 2 is 1.44 bits per heavy atom. The first-order valence-corrected chi connectivity index (χ1v) is 6.75. The average Bonchev–Trinajstić information content (AvgIpc) is 2.24. The second-order valence-electron chi connectivity index (χ2n) is 6.54. The van der Waals surface area contributed by atoms with E-state index in [1.807, 2.05) is 5.01 Å². The standard InChI is InChI=1S/C13H29N3O2/c1-12(2)9-11(10-13(3,4)16(12)14)15(5-7-17)6-8-18/h11,17-18H,5-10,14H2,1-4H3. The molecule has 1 fully saturated rings. The molecule has 0 bridgehead atoms. The van der Waals surface area contributed by atoms with Crippen LogP contribution < -0.4 is 5.84 Å². The van der Waals surface area contributed by atoms with Crippen molar-refractivity contribution in [1.29, 1.82) is 0 Å². The van der Waals surface area contributed by atoms with Crippen LogP contribution in [0.15, 0.2) is 0 Å². The molecule has 0 atom stereocenters. The van der Waals surface area contributed by atoms with Gasteiger partial charge < -0.3 is 10.2 Å². The number of aliphatic hydroxyl groups is 2. The van der Waals surface area contributed by atoms with Gasteiger partial charge in [0.05, 0.1) is 13.2 Å². The molecule has 4 N–H and O–H groups in total. The summed E-state index contributed by atoms with van der Waals surface area (Å²) in [5.74, 6) is 6.22. The fourth-order valence-corrected chi connectivity index (χ4v) is 3.23. The van der Waals surface area contributed by atoms with Crippen LogP contribution in [0.4, 0.5) is 0 Å². The summed E-state index contributed by atoms with van der Waals surface area (Å²) < 4.78 is 0. The Labute approximate surface area is 111 Å². The third-order valence-corrected chi connectivity index (χ3v) is 4.07. The first kappa shape index (κ1) is 15.9. The van der Waals surface area contributed by atoms with Gasteiger partial charge in [-0.25, -0.2) is 5.01 Å². The smallest absolute Gasteiger partial charge is 0.0558 e. The van der Waals surface area contributed by atoms with Crippen LogP contribution in [0.5, 0.6) is 0 Å². The van der Waals surface area contributed by atoms with Crippen LogP contribution >= 0.6 is 0 Å². The number of aliphatic hydroxyl groups excluding tert-OH is 2. The average molecular weight is 259 g/mol. The van der Waals surface area contributed by atoms with E-state index in [-0.39, 0.29) is 24.3 Å². The maximum absolute atomic E-state index is 9.15. The van der Waals surface area contributed by atoms with Gasteiger partial charge in [0.25, 0.3) is 0 Å². The molecule has 5 heteroatoms. The Hall–Kier alpha value is -0.200. The molecule has 0 amide bonds. The van der Waals surface area contributed by atoms with Crippen molar-refractivity contribution in [2.75, 3.05) is 26.3 Å². The van der Waals surface area contributed by atoms with E-state index in [0.717, 1.165) is 12.8 Å². The van der Waals surface area contributed by atoms with Crippen molar-refractivity contribution < 1.29 is 10.2 Å². The number of nitrogens with two attached hydrogens (primary N) is 1. The minimum Gasteiger partial charge on any atom is -0.395 e. The highest BCUT2D eigenvalue weighted by atomic mass is 16.3. The van der Waals surface area contributed by atoms with Crippen LogP contribution in [-0.4, -0.2) is 63.5 Å². The summed E-state index contributed by atoms with van der Waals surface area (Å²) in [6, 6.07) is 0.356. The molecule has 1 heterocycles. The number of piperidine rings is 1. The molecular formula is C13H29N3O2. The lowest BCUT2D eigenvalue weighted by molar-refractivity contribution is -0.0705. The van der Waals surface area contributed by atoms with Crippen molar-refractivity contribution in [2.24, 2.45) is 5.84 Å². The van der Waals surface area contributed by atoms with E-state index in [0.29, 0.717) is 19.1 Å². The number of hydrogen-bond donors (Lipinski definition) is 3. The summed E-state index contributed by atoms with van der Waals surface area (Å²) in [7, 11) is 0. The lowest BCUT2D eigenvalue weighted by atomic mass is 9.78. The summed E-state index contributed by atoms with van der Waals surface area (Å²) in [6.45, 7) is 10.1. The van der Waals surface area contributed by atoms with Crippen molar-refractivity contribution in [1.82, 2.24) is 9.91 Å². The quantitative estimate of drug-likeness (QED) is 0.614. The third kappa shape index (κ3) is 3.42. The summed E-state index contributed by atoms with van der Waals surface area (Å²) in [5.41, 5.74) is -0.148. The van der Waals surface area contributed by atoms with Gasteiger partial charge in [0.1, 0.15) is 0 Å². The second-order valence-corrected chi connectivity index (χ2v) is 6.54. The third-order valence-electron chi connectivity index (χ3n) is 4.07. The van der Waals surface area contributed by atoms with Crippen LogP contribution in [-0.2, 0) is 0 Å². The van der Waals surface area contributed by atoms with Gasteiger partial charge in [0.2, 0.25) is 0 Å². The number of rotatable bonds is 5. The monoisotopic (exact) mass is 259 g/mol. The summed E-state index contributed by atoms with van der Waals surface area (Å²) >= 11 is 0. The van der Waals surface area contributed by atoms with Gasteiger partial charge in [0.15, 0.2) is 0 Å². The van der Waals surface area contributed by atoms with Crippen molar-refractivity contribution in [3.05, 3.63) is 0 Å². The molecule has 18 heavy (non-hydrogen) atoms. The zero-order valence-corrected chi connectivity index (χ0v) is 12.2. The van der Waals surface area contributed by atoms with Crippen LogP contribution in [0.25, 0.3) is 0 Å². The van der Waals surface area contributed by atoms with E-state index in [2.05, 4.69) is 32.6 Å². The zero-order valence-electron chi connectivity index (χ0n) is 12.2. The fourth-order valence-electron chi connectivity index (χ4n) is 3.23. The Bertz CT molecular complexity index is 245. The van der Waals surface area contributed by atoms with Gasteiger partial charge in [-0.3, -0.25) is 10.7 Å². The number of hydrogen-bond acceptors (Lipinski definition) is 5. The molecule has 5 nitrogen and oxygen atoms in total. The highest BCUT2D eigenvalue weighted by Crippen LogP contribution is 2.37. The maximum Gasteiger partial charge on any atom is 0.0558 e. The lowest BCUT2D eigenvalue weighted by Gasteiger charge is -2.54. The van der Waals surface area contributed by atoms with E-state index in [1.165, 1.54) is 0 Å². The molecule has 1 rings (SSSR count). The normalized spacial score (nSPS) is 24.7. The first-order valence-electron chi connectivity index (χ1n) is 6.75. The van der Waals surface area contributed by atoms with Crippen molar-refractivity contribution >= 4 is 0 Å². The van der Waals surface area contributed by atoms with Crippen LogP contribution in [0.3, 0.4) is 0 Å². The largest absolute Gasteiger partial charge is 0.395 e. The predicted octanol–water partition coefficient (Wildman–Crippen LogP) is 0.168. The molecule has 1 aliphatic heterocycles. The fraction of sp³-hybridized carbons (Fsp3) is 1.00. The molecule has 0 aromatic carbocycles. The van der Waals surface area contributed by atoms with Gasteiger partial charge in [-0.2, -0.15) is 0 Å². The lowest BCUT2D eigenvalue weighted by Crippen LogP contribution is -2.67. The molecule has 0 unspecified atom stereocenters. The van der Waals surface area contributed by atoms with Crippen LogP contribution in [0, 0.1) is 0 Å². The first-order chi connectivity index (χ1) is 8.24. The van der Waals surface area contributed by atoms with Gasteiger partial charge in [-0.15, -0.1) is 0 Å². The molecular weight excluding hydrogens is 230 g/mol. The number of nitrogens with zero attached hydrogens (tertiary/aromatic N) is 2. The minimum absolute atomic E-state index is 0.0738. The van der Waals surface area contributed by atoms with Crippen LogP contribution in [0.1, 0.15) is 40.5 Å². The zero-order chi connectivity index (χ0) is 14.0. The molecule has 0 aromatic rings. The molecule has 1 saturated heterocycles. The summed E-state index contributed by atoms with van der Waals surface area (Å²) in [5, 5.41) is 20.2. The van der Waals surface area contributed by atoms with E-state index in [9.17, 15) is 0 Å². The Balaban J connectivity index is 2.83. The van der Waals surface area contributed by atoms with E-state index in [4.69, 9.17) is 16.1 Å².